The molecule has 2 fully saturated rings. The van der Waals surface area contributed by atoms with Crippen LogP contribution < -0.4 is 10.2 Å². The van der Waals surface area contributed by atoms with Gasteiger partial charge in [0.15, 0.2) is 5.96 Å². The molecular weight excluding hydrogens is 477 g/mol. The highest BCUT2D eigenvalue weighted by molar-refractivity contribution is 14.0. The number of nitrogens with zero attached hydrogens (tertiary/aromatic N) is 4. The summed E-state index contributed by atoms with van der Waals surface area (Å²) >= 11 is 6.13. The van der Waals surface area contributed by atoms with Crippen molar-refractivity contribution in [2.45, 2.75) is 6.92 Å². The van der Waals surface area contributed by atoms with Crippen molar-refractivity contribution in [3.8, 4) is 0 Å². The van der Waals surface area contributed by atoms with Gasteiger partial charge in [-0.15, -0.1) is 24.0 Å². The highest BCUT2D eigenvalue weighted by Crippen LogP contribution is 2.20. The van der Waals surface area contributed by atoms with E-state index in [0.717, 1.165) is 83.1 Å². The Hall–Kier alpha value is -0.770. The van der Waals surface area contributed by atoms with E-state index in [1.54, 1.807) is 0 Å². The summed E-state index contributed by atoms with van der Waals surface area (Å²) in [6.45, 7) is 12.5. The molecule has 0 radical (unpaired) electrons. The Morgan fingerprint density at radius 1 is 1.15 bits per heavy atom. The van der Waals surface area contributed by atoms with Crippen LogP contribution in [0.1, 0.15) is 6.92 Å². The third kappa shape index (κ3) is 6.96. The predicted octanol–water partition coefficient (Wildman–Crippen LogP) is 2.38. The van der Waals surface area contributed by atoms with E-state index in [9.17, 15) is 0 Å². The normalized spacial score (nSPS) is 19.0. The van der Waals surface area contributed by atoms with Gasteiger partial charge >= 0.3 is 0 Å². The lowest BCUT2D eigenvalue weighted by molar-refractivity contribution is 0.0394. The fourth-order valence-electron chi connectivity index (χ4n) is 3.40. The maximum Gasteiger partial charge on any atom is 0.194 e. The molecule has 0 bridgehead atoms. The molecule has 0 aromatic heterocycles. The second-order valence-corrected chi connectivity index (χ2v) is 7.08. The van der Waals surface area contributed by atoms with Crippen LogP contribution in [0.3, 0.4) is 0 Å². The molecule has 2 saturated heterocycles. The van der Waals surface area contributed by atoms with E-state index in [2.05, 4.69) is 33.0 Å². The first-order chi connectivity index (χ1) is 12.8. The van der Waals surface area contributed by atoms with Crippen molar-refractivity contribution < 1.29 is 4.74 Å². The highest BCUT2D eigenvalue weighted by atomic mass is 127. The van der Waals surface area contributed by atoms with Crippen LogP contribution in [0.4, 0.5) is 5.69 Å². The fourth-order valence-corrected chi connectivity index (χ4v) is 3.58. The first-order valence-electron chi connectivity index (χ1n) is 9.60. The van der Waals surface area contributed by atoms with Crippen molar-refractivity contribution in [1.82, 2.24) is 15.1 Å². The molecule has 8 heteroatoms. The molecule has 1 N–H and O–H groups in total. The topological polar surface area (TPSA) is 43.3 Å². The molecule has 2 aliphatic heterocycles. The minimum absolute atomic E-state index is 0. The number of benzene rings is 1. The van der Waals surface area contributed by atoms with Gasteiger partial charge in [-0.2, -0.15) is 0 Å². The van der Waals surface area contributed by atoms with Crippen molar-refractivity contribution in [2.24, 2.45) is 4.99 Å². The van der Waals surface area contributed by atoms with Gasteiger partial charge in [-0.3, -0.25) is 9.89 Å². The Kier molecular flexibility index (Phi) is 9.95. The molecule has 1 aromatic rings. The Morgan fingerprint density at radius 2 is 1.89 bits per heavy atom. The van der Waals surface area contributed by atoms with Gasteiger partial charge < -0.3 is 19.9 Å². The molecule has 27 heavy (non-hydrogen) atoms. The van der Waals surface area contributed by atoms with Gasteiger partial charge in [-0.1, -0.05) is 17.7 Å². The number of morpholine rings is 1. The summed E-state index contributed by atoms with van der Waals surface area (Å²) in [5.74, 6) is 1.03. The van der Waals surface area contributed by atoms with Crippen molar-refractivity contribution in [3.63, 3.8) is 0 Å². The van der Waals surface area contributed by atoms with Crippen molar-refractivity contribution in [3.05, 3.63) is 29.3 Å². The van der Waals surface area contributed by atoms with Crippen LogP contribution in [0.25, 0.3) is 0 Å². The van der Waals surface area contributed by atoms with Gasteiger partial charge in [-0.25, -0.2) is 0 Å². The maximum absolute atomic E-state index is 6.13. The van der Waals surface area contributed by atoms with E-state index in [-0.39, 0.29) is 24.0 Å². The summed E-state index contributed by atoms with van der Waals surface area (Å²) in [6, 6.07) is 8.11. The average molecular weight is 508 g/mol. The Morgan fingerprint density at radius 3 is 2.56 bits per heavy atom. The highest BCUT2D eigenvalue weighted by Gasteiger charge is 2.20. The summed E-state index contributed by atoms with van der Waals surface area (Å²) in [7, 11) is 0. The number of rotatable bonds is 5. The van der Waals surface area contributed by atoms with Crippen LogP contribution in [-0.2, 0) is 4.74 Å². The zero-order valence-electron chi connectivity index (χ0n) is 16.1. The number of nitrogens with one attached hydrogen (secondary N) is 1. The molecule has 1 aromatic carbocycles. The molecule has 0 aliphatic carbocycles. The van der Waals surface area contributed by atoms with Crippen LogP contribution in [0.2, 0.25) is 5.02 Å². The van der Waals surface area contributed by atoms with E-state index in [1.807, 2.05) is 18.2 Å². The number of aliphatic imine (C=N–C) groups is 1. The molecule has 2 heterocycles. The zero-order chi connectivity index (χ0) is 18.2. The molecule has 0 atom stereocenters. The number of ether oxygens (including phenoxy) is 1. The number of anilines is 1. The molecule has 0 unspecified atom stereocenters. The first kappa shape index (κ1) is 22.5. The van der Waals surface area contributed by atoms with Crippen molar-refractivity contribution in [2.75, 3.05) is 77.0 Å². The quantitative estimate of drug-likeness (QED) is 0.377. The van der Waals surface area contributed by atoms with Crippen LogP contribution >= 0.6 is 35.6 Å². The van der Waals surface area contributed by atoms with Gasteiger partial charge in [0.05, 0.1) is 19.8 Å². The van der Waals surface area contributed by atoms with Gasteiger partial charge in [0.25, 0.3) is 0 Å². The van der Waals surface area contributed by atoms with Gasteiger partial charge in [0.1, 0.15) is 0 Å². The summed E-state index contributed by atoms with van der Waals surface area (Å²) in [5, 5.41) is 4.24. The van der Waals surface area contributed by atoms with E-state index < -0.39 is 0 Å². The third-order valence-electron chi connectivity index (χ3n) is 4.87. The minimum atomic E-state index is 0. The van der Waals surface area contributed by atoms with E-state index in [0.29, 0.717) is 0 Å². The van der Waals surface area contributed by atoms with E-state index >= 15 is 0 Å². The third-order valence-corrected chi connectivity index (χ3v) is 5.10. The summed E-state index contributed by atoms with van der Waals surface area (Å²) in [4.78, 5) is 12.0. The molecule has 0 amide bonds. The predicted molar refractivity (Wildman–Crippen MR) is 124 cm³/mol. The second-order valence-electron chi connectivity index (χ2n) is 6.64. The number of halogens is 2. The maximum atomic E-state index is 6.13. The van der Waals surface area contributed by atoms with Gasteiger partial charge in [0.2, 0.25) is 0 Å². The largest absolute Gasteiger partial charge is 0.379 e. The Labute approximate surface area is 184 Å². The lowest BCUT2D eigenvalue weighted by atomic mass is 10.2. The van der Waals surface area contributed by atoms with Crippen molar-refractivity contribution >= 4 is 47.2 Å². The van der Waals surface area contributed by atoms with E-state index in [4.69, 9.17) is 21.3 Å². The summed E-state index contributed by atoms with van der Waals surface area (Å²) < 4.78 is 5.40. The fraction of sp³-hybridized carbons (Fsp3) is 0.632. The molecule has 3 rings (SSSR count). The molecule has 6 nitrogen and oxygen atoms in total. The zero-order valence-corrected chi connectivity index (χ0v) is 19.2. The van der Waals surface area contributed by atoms with Crippen LogP contribution in [-0.4, -0.2) is 87.9 Å². The summed E-state index contributed by atoms with van der Waals surface area (Å²) in [6.07, 6.45) is 0. The van der Waals surface area contributed by atoms with Crippen molar-refractivity contribution in [1.29, 1.82) is 0 Å². The van der Waals surface area contributed by atoms with Crippen LogP contribution in [0.5, 0.6) is 0 Å². The molecular formula is C19H31ClIN5O. The molecule has 152 valence electrons. The molecule has 0 saturated carbocycles. The number of piperazine rings is 1. The number of guanidine groups is 1. The molecule has 2 aliphatic rings. The lowest BCUT2D eigenvalue weighted by Crippen LogP contribution is -2.52. The molecule has 0 spiro atoms. The van der Waals surface area contributed by atoms with Gasteiger partial charge in [-0.05, 0) is 25.1 Å². The Balaban J connectivity index is 0.00000261. The monoisotopic (exact) mass is 507 g/mol. The second kappa shape index (κ2) is 11.9. The number of hydrogen-bond donors (Lipinski definition) is 1. The minimum Gasteiger partial charge on any atom is -0.379 e. The van der Waals surface area contributed by atoms with Crippen LogP contribution in [0.15, 0.2) is 29.3 Å². The summed E-state index contributed by atoms with van der Waals surface area (Å²) in [5.41, 5.74) is 1.20. The van der Waals surface area contributed by atoms with Gasteiger partial charge in [0, 0.05) is 63.1 Å². The SMILES string of the molecule is CCNC(=NCCN1CCOCC1)N1CCN(c2cccc(Cl)c2)CC1.I. The van der Waals surface area contributed by atoms with Crippen LogP contribution in [0, 0.1) is 0 Å². The smallest absolute Gasteiger partial charge is 0.194 e. The number of hydrogen-bond acceptors (Lipinski definition) is 4. The average Bonchev–Trinajstić information content (AvgIpc) is 2.68. The lowest BCUT2D eigenvalue weighted by Gasteiger charge is -2.38. The standard InChI is InChI=1S/C19H30ClN5O.HI/c1-2-21-19(22-6-7-23-12-14-26-15-13-23)25-10-8-24(9-11-25)18-5-3-4-17(20)16-18;/h3-5,16H,2,6-15H2,1H3,(H,21,22);1H. The van der Waals surface area contributed by atoms with E-state index in [1.165, 1.54) is 5.69 Å². The Bertz CT molecular complexity index is 589. The first-order valence-corrected chi connectivity index (χ1v) is 9.98.